The summed E-state index contributed by atoms with van der Waals surface area (Å²) in [6, 6.07) is 3.32. The summed E-state index contributed by atoms with van der Waals surface area (Å²) in [5.74, 6) is -1.36. The van der Waals surface area contributed by atoms with Crippen molar-refractivity contribution in [1.82, 2.24) is 25.4 Å². The van der Waals surface area contributed by atoms with Crippen LogP contribution in [0.25, 0.3) is 10.6 Å². The molecule has 0 aliphatic carbocycles. The number of oxime groups is 1. The van der Waals surface area contributed by atoms with Gasteiger partial charge in [-0.25, -0.2) is 9.78 Å². The summed E-state index contributed by atoms with van der Waals surface area (Å²) < 4.78 is 5.60. The van der Waals surface area contributed by atoms with Gasteiger partial charge in [0.05, 0.1) is 0 Å². The van der Waals surface area contributed by atoms with E-state index in [1.807, 2.05) is 0 Å². The van der Waals surface area contributed by atoms with E-state index in [0.717, 1.165) is 11.3 Å². The fraction of sp³-hybridized carbons (Fsp3) is 0.292. The van der Waals surface area contributed by atoms with Crippen LogP contribution in [-0.2, 0) is 19.2 Å². The van der Waals surface area contributed by atoms with Gasteiger partial charge < -0.3 is 35.9 Å². The fourth-order valence-electron chi connectivity index (χ4n) is 3.87. The van der Waals surface area contributed by atoms with E-state index in [1.165, 1.54) is 51.9 Å². The third-order valence-corrected chi connectivity index (χ3v) is 10.0. The zero-order valence-electron chi connectivity index (χ0n) is 22.3. The summed E-state index contributed by atoms with van der Waals surface area (Å²) in [6.45, 7) is 3.47. The van der Waals surface area contributed by atoms with Crippen molar-refractivity contribution in [2.75, 3.05) is 17.2 Å². The molecular formula is C24H23N7O8S4. The lowest BCUT2D eigenvalue weighted by Gasteiger charge is -2.49. The van der Waals surface area contributed by atoms with Crippen LogP contribution in [0.3, 0.4) is 0 Å². The average molecular weight is 666 g/mol. The summed E-state index contributed by atoms with van der Waals surface area (Å²) >= 11 is 4.95. The summed E-state index contributed by atoms with van der Waals surface area (Å²) in [4.78, 5) is 48.4. The number of ether oxygens (including phenoxy) is 1. The molecule has 5 rings (SSSR count). The number of anilines is 1. The largest absolute Gasteiger partial charge is 0.512 e. The monoisotopic (exact) mass is 665 g/mol. The molecular weight excluding hydrogens is 643 g/mol. The van der Waals surface area contributed by atoms with E-state index in [-0.39, 0.29) is 45.8 Å². The Bertz CT molecular complexity index is 1640. The Morgan fingerprint density at radius 3 is 2.74 bits per heavy atom. The average Bonchev–Trinajstić information content (AvgIpc) is 3.61. The maximum atomic E-state index is 13.2. The first-order valence-electron chi connectivity index (χ1n) is 12.3. The Hall–Kier alpha value is -4.07. The zero-order chi connectivity index (χ0) is 30.8. The predicted molar refractivity (Wildman–Crippen MR) is 160 cm³/mol. The number of rotatable bonds is 10. The molecule has 0 bridgehead atoms. The number of carbonyl (C=O) groups excluding carboxylic acids is 2. The van der Waals surface area contributed by atoms with Crippen molar-refractivity contribution in [2.45, 2.75) is 35.7 Å². The number of nitrogens with one attached hydrogen (secondary N) is 1. The molecule has 2 aliphatic heterocycles. The lowest BCUT2D eigenvalue weighted by molar-refractivity contribution is -0.148. The number of amides is 2. The first-order valence-corrected chi connectivity index (χ1v) is 16.1. The molecule has 2 amide bonds. The summed E-state index contributed by atoms with van der Waals surface area (Å²) in [5, 5.41) is 45.1. The van der Waals surface area contributed by atoms with E-state index in [1.54, 1.807) is 25.3 Å². The van der Waals surface area contributed by atoms with Crippen molar-refractivity contribution in [2.24, 2.45) is 5.16 Å². The number of thioether (sulfide) groups is 2. The first kappa shape index (κ1) is 30.4. The molecule has 2 aromatic heterocycles. The quantitative estimate of drug-likeness (QED) is 0.0525. The van der Waals surface area contributed by atoms with Gasteiger partial charge in [-0.1, -0.05) is 28.3 Å². The lowest BCUT2D eigenvalue weighted by Crippen LogP contribution is -2.70. The number of nitrogens with zero attached hydrogens (tertiary/aromatic N) is 5. The molecule has 6 N–H and O–H groups in total. The van der Waals surface area contributed by atoms with Gasteiger partial charge >= 0.3 is 6.16 Å². The van der Waals surface area contributed by atoms with Gasteiger partial charge in [0.15, 0.2) is 26.7 Å². The van der Waals surface area contributed by atoms with E-state index in [0.29, 0.717) is 26.2 Å². The number of phenolic OH excluding ortho intramolecular Hbond substituents is 2. The Morgan fingerprint density at radius 1 is 1.28 bits per heavy atom. The minimum atomic E-state index is -1.59. The molecule has 1 aromatic carbocycles. The van der Waals surface area contributed by atoms with Crippen LogP contribution in [0.5, 0.6) is 11.5 Å². The second-order valence-electron chi connectivity index (χ2n) is 9.17. The van der Waals surface area contributed by atoms with E-state index >= 15 is 0 Å². The van der Waals surface area contributed by atoms with Crippen molar-refractivity contribution in [3.63, 3.8) is 0 Å². The van der Waals surface area contributed by atoms with Crippen LogP contribution in [0.1, 0.15) is 19.5 Å². The van der Waals surface area contributed by atoms with Gasteiger partial charge in [-0.3, -0.25) is 14.5 Å². The van der Waals surface area contributed by atoms with Gasteiger partial charge in [0.1, 0.15) is 28.2 Å². The fourth-order valence-corrected chi connectivity index (χ4v) is 7.71. The predicted octanol–water partition coefficient (Wildman–Crippen LogP) is 2.88. The van der Waals surface area contributed by atoms with Crippen molar-refractivity contribution < 1.29 is 39.3 Å². The zero-order valence-corrected chi connectivity index (χ0v) is 25.6. The molecule has 0 radical (unpaired) electrons. The molecule has 43 heavy (non-hydrogen) atoms. The molecule has 226 valence electrons. The number of hydrogen-bond acceptors (Lipinski definition) is 16. The normalized spacial score (nSPS) is 18.3. The highest BCUT2D eigenvalue weighted by Crippen LogP contribution is 2.42. The highest BCUT2D eigenvalue weighted by Gasteiger charge is 2.54. The third-order valence-electron chi connectivity index (χ3n) is 5.80. The number of fused-ring (bicyclic) bond motifs is 1. The number of β-lactam (4-membered cyclic amide) rings is 1. The minimum Gasteiger partial charge on any atom is -0.504 e. The number of carbonyl (C=O) groups is 3. The molecule has 3 aromatic rings. The topological polar surface area (TPSA) is 223 Å². The summed E-state index contributed by atoms with van der Waals surface area (Å²) in [6.07, 6.45) is -1.91. The van der Waals surface area contributed by atoms with Crippen molar-refractivity contribution in [1.29, 1.82) is 0 Å². The van der Waals surface area contributed by atoms with Crippen molar-refractivity contribution in [3.05, 3.63) is 40.7 Å². The minimum absolute atomic E-state index is 0.114. The molecule has 19 heteroatoms. The second kappa shape index (κ2) is 12.7. The van der Waals surface area contributed by atoms with E-state index in [9.17, 15) is 29.7 Å². The summed E-state index contributed by atoms with van der Waals surface area (Å²) in [5.41, 5.74) is 6.85. The number of thiazole rings is 1. The number of carboxylic acid groups (broad SMARTS) is 1. The molecule has 4 heterocycles. The molecule has 0 unspecified atom stereocenters. The standard InChI is InChI=1S/C24H23N7O8S4/c1-9(2)39-30-15(12-8-41-22(25)26-12)17(34)27-16-19(35)31-20(38-24(36)37)11(6-40-21(16)31)7-42-23-29-28-18(43-23)10-3-4-13(32)14(33)5-10/h3-5,8-9,16,21,32-33H,6-7H2,1-2H3,(H2,25,26)(H,27,34)(H,36,37)/t16-,21+/m1/s1. The molecule has 0 saturated carbocycles. The Labute approximate surface area is 259 Å². The molecule has 2 aliphatic rings. The number of aromatic hydroxyl groups is 2. The van der Waals surface area contributed by atoms with Crippen molar-refractivity contribution in [3.8, 4) is 22.1 Å². The van der Waals surface area contributed by atoms with Gasteiger partial charge in [0.2, 0.25) is 5.88 Å². The van der Waals surface area contributed by atoms with Gasteiger partial charge in [-0.15, -0.1) is 33.3 Å². The van der Waals surface area contributed by atoms with Gasteiger partial charge in [0, 0.05) is 28.0 Å². The van der Waals surface area contributed by atoms with Crippen LogP contribution in [-0.4, -0.2) is 88.1 Å². The molecule has 2 atom stereocenters. The van der Waals surface area contributed by atoms with Crippen LogP contribution >= 0.6 is 46.2 Å². The number of hydrogen-bond donors (Lipinski definition) is 5. The molecule has 0 spiro atoms. The highest BCUT2D eigenvalue weighted by atomic mass is 32.2. The van der Waals surface area contributed by atoms with E-state index in [2.05, 4.69) is 25.7 Å². The van der Waals surface area contributed by atoms with Crippen LogP contribution in [0.4, 0.5) is 9.93 Å². The second-order valence-corrected chi connectivity index (χ2v) is 13.4. The van der Waals surface area contributed by atoms with Crippen LogP contribution < -0.4 is 11.1 Å². The smallest absolute Gasteiger partial charge is 0.504 e. The van der Waals surface area contributed by atoms with Crippen LogP contribution in [0.2, 0.25) is 0 Å². The number of phenols is 2. The number of aromatic nitrogens is 3. The highest BCUT2D eigenvalue weighted by molar-refractivity contribution is 8.01. The van der Waals surface area contributed by atoms with Crippen LogP contribution in [0.15, 0.2) is 44.5 Å². The summed E-state index contributed by atoms with van der Waals surface area (Å²) in [7, 11) is 0. The maximum absolute atomic E-state index is 13.2. The molecule has 1 saturated heterocycles. The number of nitrogens with two attached hydrogens (primary N) is 1. The van der Waals surface area contributed by atoms with Gasteiger partial charge in [0.25, 0.3) is 11.8 Å². The molecule has 1 fully saturated rings. The lowest BCUT2D eigenvalue weighted by atomic mass is 10.1. The van der Waals surface area contributed by atoms with Crippen LogP contribution in [0, 0.1) is 0 Å². The maximum Gasteiger partial charge on any atom is 0.512 e. The number of nitrogen functional groups attached to an aromatic ring is 1. The number of benzene rings is 1. The van der Waals surface area contributed by atoms with Gasteiger partial charge in [-0.2, -0.15) is 0 Å². The molecule has 15 nitrogen and oxygen atoms in total. The SMILES string of the molecule is CC(C)ON=C(C(=O)N[C@@H]1C(=O)N2C(OC(=O)O)=C(CSc3nnc(-c4ccc(O)c(O)c4)s3)CS[C@@H]12)c1csc(N)n1. The van der Waals surface area contributed by atoms with E-state index in [4.69, 9.17) is 15.3 Å². The Morgan fingerprint density at radius 2 is 2.07 bits per heavy atom. The van der Waals surface area contributed by atoms with E-state index < -0.39 is 29.4 Å². The Kier molecular flexibility index (Phi) is 8.95. The van der Waals surface area contributed by atoms with Crippen molar-refractivity contribution >= 4 is 75.0 Å². The first-order chi connectivity index (χ1) is 20.5. The third kappa shape index (κ3) is 6.63. The Balaban J connectivity index is 1.29. The van der Waals surface area contributed by atoms with Gasteiger partial charge in [-0.05, 0) is 32.0 Å².